The largest absolute Gasteiger partial charge is 0.497 e. The van der Waals surface area contributed by atoms with Crippen molar-refractivity contribution in [3.63, 3.8) is 0 Å². The first-order valence-electron chi connectivity index (χ1n) is 10.5. The zero-order chi connectivity index (χ0) is 24.9. The summed E-state index contributed by atoms with van der Waals surface area (Å²) in [5.41, 5.74) is 2.44. The lowest BCUT2D eigenvalue weighted by Crippen LogP contribution is -2.38. The van der Waals surface area contributed by atoms with Gasteiger partial charge in [0.2, 0.25) is 5.91 Å². The van der Waals surface area contributed by atoms with Crippen LogP contribution in [0.4, 0.5) is 11.4 Å². The molecule has 9 heteroatoms. The molecule has 3 aromatic carbocycles. The molecule has 3 aromatic rings. The van der Waals surface area contributed by atoms with Crippen LogP contribution in [0, 0.1) is 13.8 Å². The monoisotopic (exact) mass is 484 g/mol. The lowest BCUT2D eigenvalue weighted by molar-refractivity contribution is -0.114. The van der Waals surface area contributed by atoms with E-state index >= 15 is 0 Å². The Kier molecular flexibility index (Phi) is 7.68. The molecule has 0 unspecified atom stereocenters. The number of methoxy groups -OCH3 is 3. The number of nitrogens with one attached hydrogen (secondary N) is 1. The molecule has 0 bridgehead atoms. The minimum absolute atomic E-state index is 0.0453. The maximum atomic E-state index is 13.7. The van der Waals surface area contributed by atoms with E-state index in [4.69, 9.17) is 14.2 Å². The number of benzene rings is 3. The van der Waals surface area contributed by atoms with Gasteiger partial charge in [0.15, 0.2) is 0 Å². The first-order valence-corrected chi connectivity index (χ1v) is 11.9. The van der Waals surface area contributed by atoms with Gasteiger partial charge in [-0.05, 0) is 55.8 Å². The molecule has 0 radical (unpaired) electrons. The van der Waals surface area contributed by atoms with E-state index in [1.54, 1.807) is 36.4 Å². The fraction of sp³-hybridized carbons (Fsp3) is 0.240. The highest BCUT2D eigenvalue weighted by atomic mass is 32.2. The minimum Gasteiger partial charge on any atom is -0.497 e. The molecule has 0 fully saturated rings. The van der Waals surface area contributed by atoms with Crippen LogP contribution in [0.2, 0.25) is 0 Å². The number of rotatable bonds is 9. The van der Waals surface area contributed by atoms with Gasteiger partial charge in [-0.1, -0.05) is 23.8 Å². The molecule has 34 heavy (non-hydrogen) atoms. The molecule has 0 aliphatic heterocycles. The molecular weight excluding hydrogens is 456 g/mol. The van der Waals surface area contributed by atoms with Crippen molar-refractivity contribution in [3.8, 4) is 17.2 Å². The maximum Gasteiger partial charge on any atom is 0.264 e. The van der Waals surface area contributed by atoms with Crippen molar-refractivity contribution in [1.29, 1.82) is 0 Å². The average molecular weight is 485 g/mol. The molecule has 0 aliphatic rings. The summed E-state index contributed by atoms with van der Waals surface area (Å²) >= 11 is 0. The maximum absolute atomic E-state index is 13.7. The van der Waals surface area contributed by atoms with Crippen LogP contribution in [-0.2, 0) is 14.8 Å². The molecule has 1 amide bonds. The van der Waals surface area contributed by atoms with Crippen molar-refractivity contribution in [2.45, 2.75) is 18.7 Å². The number of carbonyl (C=O) groups excluding carboxylic acids is 1. The van der Waals surface area contributed by atoms with Gasteiger partial charge in [-0.25, -0.2) is 8.42 Å². The van der Waals surface area contributed by atoms with E-state index in [2.05, 4.69) is 5.32 Å². The van der Waals surface area contributed by atoms with Crippen molar-refractivity contribution in [2.24, 2.45) is 0 Å². The quantitative estimate of drug-likeness (QED) is 0.490. The highest BCUT2D eigenvalue weighted by molar-refractivity contribution is 7.92. The van der Waals surface area contributed by atoms with Crippen molar-refractivity contribution in [3.05, 3.63) is 71.8 Å². The number of ether oxygens (including phenoxy) is 3. The van der Waals surface area contributed by atoms with Gasteiger partial charge in [0.25, 0.3) is 10.0 Å². The van der Waals surface area contributed by atoms with Gasteiger partial charge in [0.1, 0.15) is 23.8 Å². The van der Waals surface area contributed by atoms with Gasteiger partial charge in [-0.15, -0.1) is 0 Å². The second-order valence-corrected chi connectivity index (χ2v) is 9.48. The predicted molar refractivity (Wildman–Crippen MR) is 132 cm³/mol. The highest BCUT2D eigenvalue weighted by Gasteiger charge is 2.30. The summed E-state index contributed by atoms with van der Waals surface area (Å²) in [5.74, 6) is 0.605. The van der Waals surface area contributed by atoms with E-state index in [1.807, 2.05) is 19.9 Å². The van der Waals surface area contributed by atoms with Gasteiger partial charge in [-0.2, -0.15) is 0 Å². The van der Waals surface area contributed by atoms with E-state index in [-0.39, 0.29) is 16.3 Å². The normalized spacial score (nSPS) is 11.0. The van der Waals surface area contributed by atoms with Crippen molar-refractivity contribution >= 4 is 27.3 Å². The second-order valence-electron chi connectivity index (χ2n) is 7.61. The number of anilines is 2. The van der Waals surface area contributed by atoms with Crippen LogP contribution in [0.3, 0.4) is 0 Å². The van der Waals surface area contributed by atoms with Crippen molar-refractivity contribution in [2.75, 3.05) is 37.5 Å². The molecule has 0 spiro atoms. The molecule has 0 atom stereocenters. The molecule has 0 saturated heterocycles. The molecule has 0 heterocycles. The molecule has 1 N–H and O–H groups in total. The van der Waals surface area contributed by atoms with Crippen LogP contribution >= 0.6 is 0 Å². The van der Waals surface area contributed by atoms with E-state index in [9.17, 15) is 13.2 Å². The summed E-state index contributed by atoms with van der Waals surface area (Å²) in [5, 5.41) is 2.76. The van der Waals surface area contributed by atoms with E-state index in [0.717, 1.165) is 15.4 Å². The van der Waals surface area contributed by atoms with Crippen LogP contribution in [0.15, 0.2) is 65.6 Å². The molecule has 8 nitrogen and oxygen atoms in total. The van der Waals surface area contributed by atoms with Gasteiger partial charge >= 0.3 is 0 Å². The number of hydrogen-bond donors (Lipinski definition) is 1. The van der Waals surface area contributed by atoms with Crippen LogP contribution in [0.1, 0.15) is 11.1 Å². The number of hydrogen-bond acceptors (Lipinski definition) is 6. The molecule has 0 aromatic heterocycles. The van der Waals surface area contributed by atoms with Crippen molar-refractivity contribution < 1.29 is 27.4 Å². The van der Waals surface area contributed by atoms with Gasteiger partial charge in [0.05, 0.1) is 37.6 Å². The van der Waals surface area contributed by atoms with E-state index < -0.39 is 22.5 Å². The Labute approximate surface area is 200 Å². The molecule has 0 saturated carbocycles. The Hall–Kier alpha value is -3.72. The summed E-state index contributed by atoms with van der Waals surface area (Å²) in [6.07, 6.45) is 0. The van der Waals surface area contributed by atoms with Crippen LogP contribution in [0.25, 0.3) is 0 Å². The summed E-state index contributed by atoms with van der Waals surface area (Å²) < 4.78 is 44.4. The average Bonchev–Trinajstić information content (AvgIpc) is 2.82. The zero-order valence-corrected chi connectivity index (χ0v) is 20.6. The molecule has 3 rings (SSSR count). The Balaban J connectivity index is 2.07. The number of sulfonamides is 1. The number of carbonyl (C=O) groups is 1. The fourth-order valence-corrected chi connectivity index (χ4v) is 4.79. The van der Waals surface area contributed by atoms with Crippen LogP contribution in [0.5, 0.6) is 17.2 Å². The van der Waals surface area contributed by atoms with Gasteiger partial charge in [-0.3, -0.25) is 9.10 Å². The predicted octanol–water partition coefficient (Wildman–Crippen LogP) is 4.16. The first-order chi connectivity index (χ1) is 16.2. The summed E-state index contributed by atoms with van der Waals surface area (Å²) in [6, 6.07) is 16.5. The summed E-state index contributed by atoms with van der Waals surface area (Å²) in [4.78, 5) is 13.2. The third-order valence-corrected chi connectivity index (χ3v) is 6.95. The number of nitrogens with zero attached hydrogens (tertiary/aromatic N) is 1. The summed E-state index contributed by atoms with van der Waals surface area (Å²) in [6.45, 7) is 3.24. The number of aryl methyl sites for hydroxylation is 2. The Morgan fingerprint density at radius 2 is 1.44 bits per heavy atom. The first kappa shape index (κ1) is 24.9. The lowest BCUT2D eigenvalue weighted by atomic mass is 10.2. The number of amides is 1. The van der Waals surface area contributed by atoms with E-state index in [1.165, 1.54) is 39.5 Å². The smallest absolute Gasteiger partial charge is 0.264 e. The highest BCUT2D eigenvalue weighted by Crippen LogP contribution is 2.36. The molecular formula is C25H28N2O6S. The van der Waals surface area contributed by atoms with Crippen molar-refractivity contribution in [1.82, 2.24) is 0 Å². The van der Waals surface area contributed by atoms with Gasteiger partial charge < -0.3 is 19.5 Å². The second kappa shape index (κ2) is 10.5. The van der Waals surface area contributed by atoms with Gasteiger partial charge in [0, 0.05) is 6.07 Å². The fourth-order valence-electron chi connectivity index (χ4n) is 3.37. The Morgan fingerprint density at radius 1 is 0.824 bits per heavy atom. The SMILES string of the molecule is COc1ccc(OC)c(N(CC(=O)Nc2cc(C)ccc2OC)S(=O)(=O)c2ccc(C)cc2)c1. The standard InChI is InChI=1S/C25H28N2O6S/c1-17-6-10-20(11-7-17)34(29,30)27(22-15-19(31-3)9-13-24(22)33-5)16-25(28)26-21-14-18(2)8-12-23(21)32-4/h6-15H,16H2,1-5H3,(H,26,28). The Morgan fingerprint density at radius 3 is 2.06 bits per heavy atom. The minimum atomic E-state index is -4.13. The molecule has 180 valence electrons. The zero-order valence-electron chi connectivity index (χ0n) is 19.8. The van der Waals surface area contributed by atoms with Crippen LogP contribution in [-0.4, -0.2) is 42.2 Å². The van der Waals surface area contributed by atoms with Crippen LogP contribution < -0.4 is 23.8 Å². The van der Waals surface area contributed by atoms with E-state index in [0.29, 0.717) is 17.2 Å². The Bertz CT molecular complexity index is 1270. The molecule has 0 aliphatic carbocycles. The lowest BCUT2D eigenvalue weighted by Gasteiger charge is -2.26. The third kappa shape index (κ3) is 5.43. The summed E-state index contributed by atoms with van der Waals surface area (Å²) in [7, 11) is 0.265. The topological polar surface area (TPSA) is 94.2 Å². The third-order valence-electron chi connectivity index (χ3n) is 5.18.